The Morgan fingerprint density at radius 2 is 2.00 bits per heavy atom. The second-order valence-electron chi connectivity index (χ2n) is 5.50. The minimum absolute atomic E-state index is 0.0622. The van der Waals surface area contributed by atoms with E-state index in [0.717, 1.165) is 0 Å². The highest BCUT2D eigenvalue weighted by Gasteiger charge is 2.52. The standard InChI is InChI=1S/C14H18FNO2/c1-13(2)14(3,8-11(17)16-13)12-9(15)6-5-7-10(12)18-4/h5-7H,8H2,1-4H3,(H,16,17). The van der Waals surface area contributed by atoms with Crippen LogP contribution in [0.15, 0.2) is 18.2 Å². The lowest BCUT2D eigenvalue weighted by Crippen LogP contribution is -2.48. The third kappa shape index (κ3) is 1.67. The average Bonchev–Trinajstić information content (AvgIpc) is 2.47. The van der Waals surface area contributed by atoms with Crippen LogP contribution in [0.4, 0.5) is 4.39 Å². The van der Waals surface area contributed by atoms with E-state index in [1.165, 1.54) is 13.2 Å². The molecular weight excluding hydrogens is 233 g/mol. The Bertz CT molecular complexity index is 499. The van der Waals surface area contributed by atoms with Crippen LogP contribution in [-0.4, -0.2) is 18.6 Å². The molecule has 18 heavy (non-hydrogen) atoms. The predicted molar refractivity (Wildman–Crippen MR) is 67.1 cm³/mol. The number of hydrogen-bond donors (Lipinski definition) is 1. The smallest absolute Gasteiger partial charge is 0.221 e. The number of halogens is 1. The quantitative estimate of drug-likeness (QED) is 0.876. The summed E-state index contributed by atoms with van der Waals surface area (Å²) in [5.41, 5.74) is -0.670. The highest BCUT2D eigenvalue weighted by Crippen LogP contribution is 2.46. The molecule has 1 saturated heterocycles. The summed E-state index contributed by atoms with van der Waals surface area (Å²) in [7, 11) is 1.51. The molecule has 1 fully saturated rings. The first-order chi connectivity index (χ1) is 8.32. The normalized spacial score (nSPS) is 25.9. The molecule has 0 saturated carbocycles. The van der Waals surface area contributed by atoms with Crippen LogP contribution < -0.4 is 10.1 Å². The fourth-order valence-corrected chi connectivity index (χ4v) is 2.68. The summed E-state index contributed by atoms with van der Waals surface area (Å²) in [4.78, 5) is 11.7. The number of carbonyl (C=O) groups is 1. The number of methoxy groups -OCH3 is 1. The van der Waals surface area contributed by atoms with Crippen molar-refractivity contribution in [3.63, 3.8) is 0 Å². The van der Waals surface area contributed by atoms with Crippen molar-refractivity contribution in [3.05, 3.63) is 29.6 Å². The van der Waals surface area contributed by atoms with Crippen molar-refractivity contribution in [2.45, 2.75) is 38.1 Å². The summed E-state index contributed by atoms with van der Waals surface area (Å²) in [6, 6.07) is 4.74. The maximum Gasteiger partial charge on any atom is 0.221 e. The van der Waals surface area contributed by atoms with Crippen molar-refractivity contribution in [3.8, 4) is 5.75 Å². The van der Waals surface area contributed by atoms with Crippen LogP contribution in [0.5, 0.6) is 5.75 Å². The van der Waals surface area contributed by atoms with Crippen LogP contribution in [-0.2, 0) is 10.2 Å². The van der Waals surface area contributed by atoms with E-state index in [2.05, 4.69) is 5.32 Å². The van der Waals surface area contributed by atoms with Gasteiger partial charge in [0.2, 0.25) is 5.91 Å². The second-order valence-corrected chi connectivity index (χ2v) is 5.50. The molecule has 2 rings (SSSR count). The summed E-state index contributed by atoms with van der Waals surface area (Å²) in [5, 5.41) is 2.90. The minimum atomic E-state index is -0.624. The van der Waals surface area contributed by atoms with Gasteiger partial charge in [-0.1, -0.05) is 13.0 Å². The molecule has 1 atom stereocenters. The predicted octanol–water partition coefficient (Wildman–Crippen LogP) is 2.39. The van der Waals surface area contributed by atoms with Crippen molar-refractivity contribution >= 4 is 5.91 Å². The maximum absolute atomic E-state index is 14.2. The topological polar surface area (TPSA) is 38.3 Å². The first-order valence-electron chi connectivity index (χ1n) is 5.96. The molecule has 3 nitrogen and oxygen atoms in total. The average molecular weight is 251 g/mol. The molecular formula is C14H18FNO2. The Morgan fingerprint density at radius 3 is 2.50 bits per heavy atom. The van der Waals surface area contributed by atoms with E-state index in [1.807, 2.05) is 20.8 Å². The third-order valence-electron chi connectivity index (χ3n) is 4.09. The van der Waals surface area contributed by atoms with Crippen molar-refractivity contribution < 1.29 is 13.9 Å². The van der Waals surface area contributed by atoms with Gasteiger partial charge in [0.25, 0.3) is 0 Å². The SMILES string of the molecule is COc1cccc(F)c1C1(C)CC(=O)NC1(C)C. The number of amides is 1. The van der Waals surface area contributed by atoms with Crippen LogP contribution in [0.3, 0.4) is 0 Å². The largest absolute Gasteiger partial charge is 0.496 e. The lowest BCUT2D eigenvalue weighted by molar-refractivity contribution is -0.119. The zero-order chi connectivity index (χ0) is 13.6. The molecule has 0 spiro atoms. The van der Waals surface area contributed by atoms with Crippen molar-refractivity contribution in [2.24, 2.45) is 0 Å². The molecule has 0 radical (unpaired) electrons. The summed E-state index contributed by atoms with van der Waals surface area (Å²) in [6.45, 7) is 5.71. The van der Waals surface area contributed by atoms with Gasteiger partial charge >= 0.3 is 0 Å². The highest BCUT2D eigenvalue weighted by molar-refractivity contribution is 5.82. The van der Waals surface area contributed by atoms with E-state index in [0.29, 0.717) is 11.3 Å². The van der Waals surface area contributed by atoms with E-state index in [-0.39, 0.29) is 18.1 Å². The van der Waals surface area contributed by atoms with Gasteiger partial charge in [-0.05, 0) is 26.0 Å². The molecule has 0 aliphatic carbocycles. The molecule has 1 heterocycles. The van der Waals surface area contributed by atoms with E-state index >= 15 is 0 Å². The van der Waals surface area contributed by atoms with Crippen LogP contribution in [0.2, 0.25) is 0 Å². The van der Waals surface area contributed by atoms with Gasteiger partial charge in [-0.25, -0.2) is 4.39 Å². The van der Waals surface area contributed by atoms with E-state index < -0.39 is 11.0 Å². The van der Waals surface area contributed by atoms with E-state index in [4.69, 9.17) is 4.74 Å². The lowest BCUT2D eigenvalue weighted by Gasteiger charge is -2.38. The molecule has 1 N–H and O–H groups in total. The summed E-state index contributed by atoms with van der Waals surface area (Å²) in [6.07, 6.45) is 0.261. The third-order valence-corrected chi connectivity index (χ3v) is 4.09. The number of rotatable bonds is 2. The van der Waals surface area contributed by atoms with Crippen LogP contribution >= 0.6 is 0 Å². The van der Waals surface area contributed by atoms with Crippen LogP contribution in [0, 0.1) is 5.82 Å². The van der Waals surface area contributed by atoms with E-state index in [9.17, 15) is 9.18 Å². The van der Waals surface area contributed by atoms with Gasteiger partial charge in [0.05, 0.1) is 7.11 Å². The van der Waals surface area contributed by atoms with Crippen molar-refractivity contribution in [1.82, 2.24) is 5.32 Å². The Balaban J connectivity index is 2.64. The first kappa shape index (κ1) is 12.9. The Hall–Kier alpha value is -1.58. The van der Waals surface area contributed by atoms with Gasteiger partial charge in [0, 0.05) is 22.9 Å². The summed E-state index contributed by atoms with van der Waals surface area (Å²) >= 11 is 0. The van der Waals surface area contributed by atoms with Gasteiger partial charge in [0.15, 0.2) is 0 Å². The number of benzene rings is 1. The van der Waals surface area contributed by atoms with Gasteiger partial charge in [0.1, 0.15) is 11.6 Å². The molecule has 1 amide bonds. The number of carbonyl (C=O) groups excluding carboxylic acids is 1. The summed E-state index contributed by atoms with van der Waals surface area (Å²) in [5.74, 6) is 0.0938. The molecule has 1 unspecified atom stereocenters. The molecule has 1 aromatic rings. The maximum atomic E-state index is 14.2. The van der Waals surface area contributed by atoms with Gasteiger partial charge < -0.3 is 10.1 Å². The molecule has 1 aliphatic heterocycles. The molecule has 0 bridgehead atoms. The summed E-state index contributed by atoms with van der Waals surface area (Å²) < 4.78 is 19.4. The fraction of sp³-hybridized carbons (Fsp3) is 0.500. The van der Waals surface area contributed by atoms with Gasteiger partial charge in [-0.15, -0.1) is 0 Å². The monoisotopic (exact) mass is 251 g/mol. The molecule has 4 heteroatoms. The highest BCUT2D eigenvalue weighted by atomic mass is 19.1. The molecule has 1 aliphatic rings. The van der Waals surface area contributed by atoms with Gasteiger partial charge in [-0.2, -0.15) is 0 Å². The Kier molecular flexibility index (Phi) is 2.84. The molecule has 0 aromatic heterocycles. The molecule has 98 valence electrons. The number of hydrogen-bond acceptors (Lipinski definition) is 2. The Labute approximate surface area is 106 Å². The second kappa shape index (κ2) is 3.97. The minimum Gasteiger partial charge on any atom is -0.496 e. The number of nitrogens with one attached hydrogen (secondary N) is 1. The zero-order valence-electron chi connectivity index (χ0n) is 11.1. The van der Waals surface area contributed by atoms with Gasteiger partial charge in [-0.3, -0.25) is 4.79 Å². The fourth-order valence-electron chi connectivity index (χ4n) is 2.68. The molecule has 1 aromatic carbocycles. The zero-order valence-corrected chi connectivity index (χ0v) is 11.1. The van der Waals surface area contributed by atoms with Crippen LogP contribution in [0.25, 0.3) is 0 Å². The lowest BCUT2D eigenvalue weighted by atomic mass is 9.68. The first-order valence-corrected chi connectivity index (χ1v) is 5.96. The van der Waals surface area contributed by atoms with E-state index in [1.54, 1.807) is 12.1 Å². The number of ether oxygens (including phenoxy) is 1. The van der Waals surface area contributed by atoms with Crippen molar-refractivity contribution in [2.75, 3.05) is 7.11 Å². The Morgan fingerprint density at radius 1 is 1.33 bits per heavy atom. The van der Waals surface area contributed by atoms with Crippen LogP contribution in [0.1, 0.15) is 32.8 Å². The van der Waals surface area contributed by atoms with Crippen molar-refractivity contribution in [1.29, 1.82) is 0 Å².